The zero-order chi connectivity index (χ0) is 13.8. The van der Waals surface area contributed by atoms with Crippen LogP contribution in [0.2, 0.25) is 0 Å². The lowest BCUT2D eigenvalue weighted by molar-refractivity contribution is 0.938. The molecule has 0 atom stereocenters. The van der Waals surface area contributed by atoms with Crippen LogP contribution < -0.4 is 10.6 Å². The SMILES string of the molecule is CN(Cc1cc(Br)cs1)c1ccc(N)c(CC#N)c1. The Morgan fingerprint density at radius 2 is 2.21 bits per heavy atom. The Balaban J connectivity index is 2.17. The van der Waals surface area contributed by atoms with Gasteiger partial charge in [0.25, 0.3) is 0 Å². The summed E-state index contributed by atoms with van der Waals surface area (Å²) in [5.41, 5.74) is 8.50. The van der Waals surface area contributed by atoms with Crippen molar-refractivity contribution in [1.29, 1.82) is 5.26 Å². The summed E-state index contributed by atoms with van der Waals surface area (Å²) in [5, 5.41) is 10.9. The number of thiophene rings is 1. The van der Waals surface area contributed by atoms with Gasteiger partial charge in [0.15, 0.2) is 0 Å². The molecule has 0 saturated heterocycles. The molecule has 3 nitrogen and oxygen atoms in total. The molecule has 2 rings (SSSR count). The van der Waals surface area contributed by atoms with Gasteiger partial charge in [-0.3, -0.25) is 0 Å². The molecule has 19 heavy (non-hydrogen) atoms. The third-order valence-corrected chi connectivity index (χ3v) is 4.53. The van der Waals surface area contributed by atoms with E-state index in [9.17, 15) is 0 Å². The monoisotopic (exact) mass is 335 g/mol. The van der Waals surface area contributed by atoms with Crippen molar-refractivity contribution >= 4 is 38.6 Å². The van der Waals surface area contributed by atoms with Crippen LogP contribution in [0.3, 0.4) is 0 Å². The molecule has 1 aromatic heterocycles. The van der Waals surface area contributed by atoms with Crippen LogP contribution in [-0.2, 0) is 13.0 Å². The Hall–Kier alpha value is -1.51. The molecule has 5 heteroatoms. The number of nitrogens with zero attached hydrogens (tertiary/aromatic N) is 2. The van der Waals surface area contributed by atoms with E-state index in [2.05, 4.69) is 38.3 Å². The Kier molecular flexibility index (Phi) is 4.46. The van der Waals surface area contributed by atoms with E-state index in [0.29, 0.717) is 12.1 Å². The van der Waals surface area contributed by atoms with Gasteiger partial charge in [-0.25, -0.2) is 0 Å². The first-order valence-corrected chi connectivity index (χ1v) is 7.47. The molecule has 0 amide bonds. The summed E-state index contributed by atoms with van der Waals surface area (Å²) in [4.78, 5) is 3.44. The fourth-order valence-electron chi connectivity index (χ4n) is 1.83. The lowest BCUT2D eigenvalue weighted by Crippen LogP contribution is -2.15. The maximum atomic E-state index is 8.79. The van der Waals surface area contributed by atoms with E-state index < -0.39 is 0 Å². The molecule has 0 spiro atoms. The summed E-state index contributed by atoms with van der Waals surface area (Å²) in [5.74, 6) is 0. The average molecular weight is 336 g/mol. The lowest BCUT2D eigenvalue weighted by Gasteiger charge is -2.19. The summed E-state index contributed by atoms with van der Waals surface area (Å²) in [7, 11) is 2.04. The summed E-state index contributed by atoms with van der Waals surface area (Å²) in [6.45, 7) is 0.839. The highest BCUT2D eigenvalue weighted by atomic mass is 79.9. The highest BCUT2D eigenvalue weighted by Gasteiger charge is 2.07. The van der Waals surface area contributed by atoms with Crippen LogP contribution in [0.4, 0.5) is 11.4 Å². The van der Waals surface area contributed by atoms with Crippen LogP contribution in [0.5, 0.6) is 0 Å². The second-order valence-corrected chi connectivity index (χ2v) is 6.22. The van der Waals surface area contributed by atoms with Crippen molar-refractivity contribution in [3.63, 3.8) is 0 Å². The number of nitrogens with two attached hydrogens (primary N) is 1. The molecule has 1 aromatic carbocycles. The van der Waals surface area contributed by atoms with E-state index in [0.717, 1.165) is 22.3 Å². The van der Waals surface area contributed by atoms with Crippen molar-refractivity contribution < 1.29 is 0 Å². The molecule has 0 aliphatic heterocycles. The van der Waals surface area contributed by atoms with Gasteiger partial charge in [0.05, 0.1) is 19.0 Å². The zero-order valence-corrected chi connectivity index (χ0v) is 13.0. The third-order valence-electron chi connectivity index (χ3n) is 2.85. The van der Waals surface area contributed by atoms with Gasteiger partial charge in [0.2, 0.25) is 0 Å². The van der Waals surface area contributed by atoms with Crippen molar-refractivity contribution in [2.24, 2.45) is 0 Å². The summed E-state index contributed by atoms with van der Waals surface area (Å²) >= 11 is 5.18. The topological polar surface area (TPSA) is 53.0 Å². The minimum Gasteiger partial charge on any atom is -0.398 e. The molecule has 2 aromatic rings. The van der Waals surface area contributed by atoms with E-state index in [1.807, 2.05) is 25.2 Å². The molecule has 98 valence electrons. The molecule has 2 N–H and O–H groups in total. The fourth-order valence-corrected chi connectivity index (χ4v) is 3.33. The van der Waals surface area contributed by atoms with E-state index in [1.165, 1.54) is 4.88 Å². The minimum atomic E-state index is 0.345. The Bertz CT molecular complexity index is 615. The number of nitrogen functional groups attached to an aromatic ring is 1. The van der Waals surface area contributed by atoms with Gasteiger partial charge >= 0.3 is 0 Å². The fraction of sp³-hybridized carbons (Fsp3) is 0.214. The molecule has 0 fully saturated rings. The molecule has 0 saturated carbocycles. The molecular weight excluding hydrogens is 322 g/mol. The first kappa shape index (κ1) is 13.9. The maximum Gasteiger partial charge on any atom is 0.0670 e. The zero-order valence-electron chi connectivity index (χ0n) is 10.6. The molecule has 0 aliphatic carbocycles. The van der Waals surface area contributed by atoms with E-state index in [1.54, 1.807) is 11.3 Å². The van der Waals surface area contributed by atoms with Crippen LogP contribution in [0.1, 0.15) is 10.4 Å². The minimum absolute atomic E-state index is 0.345. The molecule has 0 radical (unpaired) electrons. The highest BCUT2D eigenvalue weighted by molar-refractivity contribution is 9.10. The van der Waals surface area contributed by atoms with Crippen molar-refractivity contribution in [2.45, 2.75) is 13.0 Å². The number of rotatable bonds is 4. The largest absolute Gasteiger partial charge is 0.398 e. The van der Waals surface area contributed by atoms with Gasteiger partial charge in [-0.2, -0.15) is 5.26 Å². The third kappa shape index (κ3) is 3.49. The quantitative estimate of drug-likeness (QED) is 0.864. The van der Waals surface area contributed by atoms with Crippen LogP contribution in [0.25, 0.3) is 0 Å². The molecule has 0 unspecified atom stereocenters. The predicted molar refractivity (Wildman–Crippen MR) is 84.3 cm³/mol. The first-order valence-electron chi connectivity index (χ1n) is 5.79. The van der Waals surface area contributed by atoms with E-state index in [-0.39, 0.29) is 0 Å². The number of hydrogen-bond donors (Lipinski definition) is 1. The Morgan fingerprint density at radius 3 is 2.84 bits per heavy atom. The van der Waals surface area contributed by atoms with Gasteiger partial charge in [-0.1, -0.05) is 0 Å². The second-order valence-electron chi connectivity index (χ2n) is 4.31. The molecule has 0 bridgehead atoms. The van der Waals surface area contributed by atoms with Gasteiger partial charge in [-0.05, 0) is 45.8 Å². The van der Waals surface area contributed by atoms with Gasteiger partial charge in [-0.15, -0.1) is 11.3 Å². The molecule has 0 aliphatic rings. The van der Waals surface area contributed by atoms with Crippen LogP contribution in [-0.4, -0.2) is 7.05 Å². The highest BCUT2D eigenvalue weighted by Crippen LogP contribution is 2.25. The van der Waals surface area contributed by atoms with E-state index >= 15 is 0 Å². The second kappa shape index (κ2) is 6.09. The van der Waals surface area contributed by atoms with Gasteiger partial charge < -0.3 is 10.6 Å². The van der Waals surface area contributed by atoms with Crippen LogP contribution in [0, 0.1) is 11.3 Å². The van der Waals surface area contributed by atoms with Gasteiger partial charge in [0, 0.05) is 33.2 Å². The molecule has 1 heterocycles. The van der Waals surface area contributed by atoms with Crippen molar-refractivity contribution in [2.75, 3.05) is 17.7 Å². The van der Waals surface area contributed by atoms with Crippen LogP contribution in [0.15, 0.2) is 34.1 Å². The standard InChI is InChI=1S/C14H14BrN3S/c1-18(8-13-7-11(15)9-19-13)12-2-3-14(17)10(6-12)4-5-16/h2-3,6-7,9H,4,8,17H2,1H3. The smallest absolute Gasteiger partial charge is 0.0670 e. The number of anilines is 2. The van der Waals surface area contributed by atoms with E-state index in [4.69, 9.17) is 11.0 Å². The normalized spacial score (nSPS) is 10.2. The molecular formula is C14H14BrN3S. The number of halogens is 1. The number of nitriles is 1. The van der Waals surface area contributed by atoms with Crippen molar-refractivity contribution in [3.05, 3.63) is 44.6 Å². The van der Waals surface area contributed by atoms with Crippen LogP contribution >= 0.6 is 27.3 Å². The Labute approximate surface area is 125 Å². The summed E-state index contributed by atoms with van der Waals surface area (Å²) in [6, 6.07) is 10.1. The lowest BCUT2D eigenvalue weighted by atomic mass is 10.1. The van der Waals surface area contributed by atoms with Crippen molar-refractivity contribution in [3.8, 4) is 6.07 Å². The summed E-state index contributed by atoms with van der Waals surface area (Å²) < 4.78 is 1.11. The first-order chi connectivity index (χ1) is 9.10. The average Bonchev–Trinajstić information content (AvgIpc) is 2.77. The van der Waals surface area contributed by atoms with Gasteiger partial charge in [0.1, 0.15) is 0 Å². The maximum absolute atomic E-state index is 8.79. The summed E-state index contributed by atoms with van der Waals surface area (Å²) in [6.07, 6.45) is 0.345. The predicted octanol–water partition coefficient (Wildman–Crippen LogP) is 3.80. The number of hydrogen-bond acceptors (Lipinski definition) is 4. The van der Waals surface area contributed by atoms with Crippen molar-refractivity contribution in [1.82, 2.24) is 0 Å². The number of benzene rings is 1. The Morgan fingerprint density at radius 1 is 1.42 bits per heavy atom.